The zero-order valence-corrected chi connectivity index (χ0v) is 18.7. The highest BCUT2D eigenvalue weighted by Crippen LogP contribution is 2.34. The standard InChI is InChI=1S/C24H23ClFN5O/c1-3-17-5-7-19-21(28-17)11-23(29-24(19)18-6-4-16(25)10-20(18)26)31-8-9-32-22(14-31)15-12-27-30(2)13-15/h4-7,10-13,22H,3,8-9,14H2,1-2H3/t22-/m1/s1. The number of hydrogen-bond acceptors (Lipinski definition) is 5. The Morgan fingerprint density at radius 1 is 1.19 bits per heavy atom. The Labute approximate surface area is 190 Å². The summed E-state index contributed by atoms with van der Waals surface area (Å²) in [7, 11) is 1.89. The fourth-order valence-electron chi connectivity index (χ4n) is 4.07. The molecule has 1 aromatic carbocycles. The predicted molar refractivity (Wildman–Crippen MR) is 123 cm³/mol. The molecule has 0 N–H and O–H groups in total. The van der Waals surface area contributed by atoms with Crippen LogP contribution in [0.2, 0.25) is 5.02 Å². The normalized spacial score (nSPS) is 16.6. The van der Waals surface area contributed by atoms with Gasteiger partial charge in [0.25, 0.3) is 0 Å². The van der Waals surface area contributed by atoms with Crippen LogP contribution in [-0.2, 0) is 18.2 Å². The molecule has 1 aliphatic heterocycles. The maximum Gasteiger partial charge on any atom is 0.134 e. The molecule has 0 bridgehead atoms. The van der Waals surface area contributed by atoms with Gasteiger partial charge >= 0.3 is 0 Å². The van der Waals surface area contributed by atoms with Gasteiger partial charge in [-0.2, -0.15) is 5.10 Å². The summed E-state index contributed by atoms with van der Waals surface area (Å²) < 4.78 is 22.6. The van der Waals surface area contributed by atoms with Crippen LogP contribution in [0, 0.1) is 5.82 Å². The van der Waals surface area contributed by atoms with Gasteiger partial charge in [0.05, 0.1) is 24.0 Å². The van der Waals surface area contributed by atoms with E-state index >= 15 is 0 Å². The van der Waals surface area contributed by atoms with E-state index in [1.54, 1.807) is 16.8 Å². The molecular weight excluding hydrogens is 429 g/mol. The first-order valence-corrected chi connectivity index (χ1v) is 11.0. The molecule has 4 heterocycles. The van der Waals surface area contributed by atoms with Gasteiger partial charge in [0.1, 0.15) is 17.7 Å². The van der Waals surface area contributed by atoms with Crippen molar-refractivity contribution in [3.63, 3.8) is 0 Å². The number of pyridine rings is 2. The van der Waals surface area contributed by atoms with E-state index in [9.17, 15) is 4.39 Å². The van der Waals surface area contributed by atoms with Crippen molar-refractivity contribution in [3.05, 3.63) is 70.9 Å². The molecule has 1 aliphatic rings. The van der Waals surface area contributed by atoms with Gasteiger partial charge in [-0.15, -0.1) is 0 Å². The number of anilines is 1. The summed E-state index contributed by atoms with van der Waals surface area (Å²) in [5.74, 6) is 0.345. The maximum atomic E-state index is 14.9. The Hall–Kier alpha value is -3.03. The number of halogens is 2. The van der Waals surface area contributed by atoms with Crippen LogP contribution in [0.5, 0.6) is 0 Å². The van der Waals surface area contributed by atoms with Crippen LogP contribution in [0.4, 0.5) is 10.2 Å². The first-order chi connectivity index (χ1) is 15.5. The summed E-state index contributed by atoms with van der Waals surface area (Å²) in [5, 5.41) is 5.42. The lowest BCUT2D eigenvalue weighted by Crippen LogP contribution is -2.38. The minimum atomic E-state index is -0.404. The Bertz CT molecular complexity index is 1290. The second kappa shape index (κ2) is 8.48. The first-order valence-electron chi connectivity index (χ1n) is 10.6. The van der Waals surface area contributed by atoms with Gasteiger partial charge in [0, 0.05) is 59.6 Å². The lowest BCUT2D eigenvalue weighted by molar-refractivity contribution is 0.0395. The second-order valence-electron chi connectivity index (χ2n) is 7.93. The number of aromatic nitrogens is 4. The third kappa shape index (κ3) is 3.94. The summed E-state index contributed by atoms with van der Waals surface area (Å²) in [4.78, 5) is 11.9. The van der Waals surface area contributed by atoms with E-state index < -0.39 is 5.82 Å². The van der Waals surface area contributed by atoms with Crippen molar-refractivity contribution in [2.75, 3.05) is 24.6 Å². The van der Waals surface area contributed by atoms with Crippen molar-refractivity contribution >= 4 is 28.3 Å². The van der Waals surface area contributed by atoms with Crippen LogP contribution in [0.3, 0.4) is 0 Å². The van der Waals surface area contributed by atoms with Gasteiger partial charge in [0.15, 0.2) is 0 Å². The number of nitrogens with zero attached hydrogens (tertiary/aromatic N) is 5. The minimum absolute atomic E-state index is 0.111. The molecule has 0 radical (unpaired) electrons. The number of rotatable bonds is 4. The zero-order chi connectivity index (χ0) is 22.2. The van der Waals surface area contributed by atoms with Crippen molar-refractivity contribution < 1.29 is 9.13 Å². The van der Waals surface area contributed by atoms with Crippen LogP contribution in [0.1, 0.15) is 24.3 Å². The Balaban J connectivity index is 1.61. The molecular formula is C24H23ClFN5O. The molecule has 1 atom stereocenters. The maximum absolute atomic E-state index is 14.9. The van der Waals surface area contributed by atoms with E-state index in [0.29, 0.717) is 36.0 Å². The summed E-state index contributed by atoms with van der Waals surface area (Å²) >= 11 is 5.99. The largest absolute Gasteiger partial charge is 0.370 e. The van der Waals surface area contributed by atoms with E-state index in [-0.39, 0.29) is 6.10 Å². The van der Waals surface area contributed by atoms with E-state index in [1.165, 1.54) is 6.07 Å². The van der Waals surface area contributed by atoms with Crippen LogP contribution < -0.4 is 4.90 Å². The number of aryl methyl sites for hydroxylation is 2. The van der Waals surface area contributed by atoms with Crippen LogP contribution in [0.25, 0.3) is 22.2 Å². The van der Waals surface area contributed by atoms with Gasteiger partial charge in [-0.25, -0.2) is 9.37 Å². The third-order valence-corrected chi connectivity index (χ3v) is 6.00. The molecule has 6 nitrogen and oxygen atoms in total. The summed E-state index contributed by atoms with van der Waals surface area (Å²) in [6.07, 6.45) is 4.50. The van der Waals surface area contributed by atoms with Crippen LogP contribution in [0.15, 0.2) is 48.8 Å². The monoisotopic (exact) mass is 451 g/mol. The second-order valence-corrected chi connectivity index (χ2v) is 8.37. The fraction of sp³-hybridized carbons (Fsp3) is 0.292. The highest BCUT2D eigenvalue weighted by molar-refractivity contribution is 6.30. The highest BCUT2D eigenvalue weighted by Gasteiger charge is 2.25. The zero-order valence-electron chi connectivity index (χ0n) is 17.9. The van der Waals surface area contributed by atoms with E-state index in [1.807, 2.05) is 37.6 Å². The molecule has 164 valence electrons. The minimum Gasteiger partial charge on any atom is -0.370 e. The molecule has 0 aliphatic carbocycles. The lowest BCUT2D eigenvalue weighted by atomic mass is 10.0. The van der Waals surface area contributed by atoms with Crippen molar-refractivity contribution in [2.24, 2.45) is 7.05 Å². The topological polar surface area (TPSA) is 56.1 Å². The fourth-order valence-corrected chi connectivity index (χ4v) is 4.23. The van der Waals surface area contributed by atoms with Crippen LogP contribution in [-0.4, -0.2) is 39.4 Å². The SMILES string of the molecule is CCc1ccc2c(-c3ccc(Cl)cc3F)nc(N3CCO[C@@H](c4cnn(C)c4)C3)cc2n1. The van der Waals surface area contributed by atoms with Gasteiger partial charge in [-0.05, 0) is 36.8 Å². The number of ether oxygens (including phenoxy) is 1. The molecule has 0 unspecified atom stereocenters. The lowest BCUT2D eigenvalue weighted by Gasteiger charge is -2.33. The van der Waals surface area contributed by atoms with Gasteiger partial charge in [-0.3, -0.25) is 9.67 Å². The van der Waals surface area contributed by atoms with Gasteiger partial charge in [-0.1, -0.05) is 18.5 Å². The van der Waals surface area contributed by atoms with E-state index in [2.05, 4.69) is 16.9 Å². The average Bonchev–Trinajstić information content (AvgIpc) is 3.24. The molecule has 0 spiro atoms. The molecule has 5 rings (SSSR count). The Morgan fingerprint density at radius 2 is 2.06 bits per heavy atom. The van der Waals surface area contributed by atoms with E-state index in [4.69, 9.17) is 26.3 Å². The number of morpholine rings is 1. The van der Waals surface area contributed by atoms with Crippen LogP contribution >= 0.6 is 11.6 Å². The van der Waals surface area contributed by atoms with E-state index in [0.717, 1.165) is 34.4 Å². The third-order valence-electron chi connectivity index (χ3n) is 5.77. The molecule has 0 amide bonds. The summed E-state index contributed by atoms with van der Waals surface area (Å²) in [6.45, 7) is 3.94. The Morgan fingerprint density at radius 3 is 2.81 bits per heavy atom. The van der Waals surface area contributed by atoms with Gasteiger partial charge < -0.3 is 9.64 Å². The molecule has 4 aromatic rings. The summed E-state index contributed by atoms with van der Waals surface area (Å²) in [5.41, 5.74) is 3.76. The number of fused-ring (bicyclic) bond motifs is 1. The highest BCUT2D eigenvalue weighted by atomic mass is 35.5. The molecule has 1 saturated heterocycles. The number of benzene rings is 1. The van der Waals surface area contributed by atoms with Crippen molar-refractivity contribution in [1.29, 1.82) is 0 Å². The summed E-state index contributed by atoms with van der Waals surface area (Å²) in [6, 6.07) is 10.6. The average molecular weight is 452 g/mol. The van der Waals surface area contributed by atoms with Crippen molar-refractivity contribution in [2.45, 2.75) is 19.4 Å². The first kappa shape index (κ1) is 20.8. The van der Waals surface area contributed by atoms with Crippen molar-refractivity contribution in [3.8, 4) is 11.3 Å². The quantitative estimate of drug-likeness (QED) is 0.439. The number of hydrogen-bond donors (Lipinski definition) is 0. The molecule has 8 heteroatoms. The molecule has 3 aromatic heterocycles. The molecule has 32 heavy (non-hydrogen) atoms. The smallest absolute Gasteiger partial charge is 0.134 e. The Kier molecular flexibility index (Phi) is 5.53. The molecule has 1 fully saturated rings. The van der Waals surface area contributed by atoms with Gasteiger partial charge in [0.2, 0.25) is 0 Å². The van der Waals surface area contributed by atoms with Crippen molar-refractivity contribution in [1.82, 2.24) is 19.7 Å². The molecule has 0 saturated carbocycles. The predicted octanol–water partition coefficient (Wildman–Crippen LogP) is 4.96.